The third-order valence-electron chi connectivity index (χ3n) is 4.68. The molecule has 1 fully saturated rings. The Labute approximate surface area is 169 Å². The Bertz CT molecular complexity index is 956. The van der Waals surface area contributed by atoms with Gasteiger partial charge >= 0.3 is 0 Å². The van der Waals surface area contributed by atoms with Crippen LogP contribution in [-0.4, -0.2) is 46.1 Å². The van der Waals surface area contributed by atoms with E-state index in [9.17, 15) is 0 Å². The molecule has 7 nitrogen and oxygen atoms in total. The van der Waals surface area contributed by atoms with Crippen molar-refractivity contribution in [2.75, 3.05) is 41.3 Å². The molecule has 0 atom stereocenters. The second kappa shape index (κ2) is 7.98. The van der Waals surface area contributed by atoms with Gasteiger partial charge in [-0.1, -0.05) is 17.7 Å². The van der Waals surface area contributed by atoms with Crippen molar-refractivity contribution in [3.63, 3.8) is 0 Å². The lowest BCUT2D eigenvalue weighted by molar-refractivity contribution is 0.627. The molecule has 1 saturated heterocycles. The molecule has 3 heterocycles. The molecule has 0 spiro atoms. The van der Waals surface area contributed by atoms with Crippen LogP contribution in [-0.2, 0) is 0 Å². The fraction of sp³-hybridized carbons (Fsp3) is 0.300. The highest BCUT2D eigenvalue weighted by Gasteiger charge is 2.21. The Morgan fingerprint density at radius 3 is 2.25 bits per heavy atom. The number of nitrogens with zero attached hydrogens (tertiary/aromatic N) is 6. The van der Waals surface area contributed by atoms with E-state index in [-0.39, 0.29) is 0 Å². The van der Waals surface area contributed by atoms with Crippen molar-refractivity contribution in [2.45, 2.75) is 13.8 Å². The lowest BCUT2D eigenvalue weighted by Gasteiger charge is -2.34. The molecule has 1 aromatic carbocycles. The minimum Gasteiger partial charge on any atom is -0.340 e. The van der Waals surface area contributed by atoms with E-state index in [4.69, 9.17) is 16.6 Å². The van der Waals surface area contributed by atoms with E-state index in [1.165, 1.54) is 0 Å². The van der Waals surface area contributed by atoms with Crippen molar-refractivity contribution in [1.29, 1.82) is 0 Å². The quantitative estimate of drug-likeness (QED) is 0.723. The fourth-order valence-electron chi connectivity index (χ4n) is 3.14. The standard InChI is InChI=1S/C20H22ClN7/c1-14-4-5-16(13-17(14)21)25-18-12-15(2)24-20(26-18)28-10-8-27(9-11-28)19-22-6-3-7-23-19/h3-7,12-13H,8-11H2,1-2H3,(H,24,25,26). The maximum atomic E-state index is 6.23. The average Bonchev–Trinajstić information content (AvgIpc) is 2.71. The summed E-state index contributed by atoms with van der Waals surface area (Å²) in [6.45, 7) is 7.26. The fourth-order valence-corrected chi connectivity index (χ4v) is 3.32. The van der Waals surface area contributed by atoms with E-state index in [0.29, 0.717) is 0 Å². The molecular weight excluding hydrogens is 374 g/mol. The summed E-state index contributed by atoms with van der Waals surface area (Å²) in [4.78, 5) is 22.4. The van der Waals surface area contributed by atoms with E-state index >= 15 is 0 Å². The molecule has 0 saturated carbocycles. The van der Waals surface area contributed by atoms with Crippen LogP contribution in [0.1, 0.15) is 11.3 Å². The zero-order valence-corrected chi connectivity index (χ0v) is 16.7. The second-order valence-corrected chi connectivity index (χ2v) is 7.21. The van der Waals surface area contributed by atoms with Crippen molar-refractivity contribution >= 4 is 35.0 Å². The summed E-state index contributed by atoms with van der Waals surface area (Å²) in [5.41, 5.74) is 2.87. The molecule has 2 aromatic heterocycles. The zero-order chi connectivity index (χ0) is 19.5. The van der Waals surface area contributed by atoms with Crippen LogP contribution in [0.25, 0.3) is 0 Å². The molecule has 4 rings (SSSR count). The van der Waals surface area contributed by atoms with Gasteiger partial charge in [0.15, 0.2) is 0 Å². The van der Waals surface area contributed by atoms with Gasteiger partial charge in [-0.2, -0.15) is 4.98 Å². The molecule has 3 aromatic rings. The van der Waals surface area contributed by atoms with Crippen molar-refractivity contribution in [3.8, 4) is 0 Å². The summed E-state index contributed by atoms with van der Waals surface area (Å²) in [6, 6.07) is 9.66. The van der Waals surface area contributed by atoms with Gasteiger partial charge in [0.2, 0.25) is 11.9 Å². The highest BCUT2D eigenvalue weighted by Crippen LogP contribution is 2.24. The van der Waals surface area contributed by atoms with Crippen LogP contribution in [0, 0.1) is 13.8 Å². The SMILES string of the molecule is Cc1cc(Nc2ccc(C)c(Cl)c2)nc(N2CCN(c3ncccn3)CC2)n1. The number of anilines is 4. The van der Waals surface area contributed by atoms with Gasteiger partial charge in [-0.05, 0) is 37.6 Å². The largest absolute Gasteiger partial charge is 0.340 e. The first kappa shape index (κ1) is 18.4. The average molecular weight is 396 g/mol. The second-order valence-electron chi connectivity index (χ2n) is 6.81. The van der Waals surface area contributed by atoms with Crippen LogP contribution in [0.2, 0.25) is 5.02 Å². The van der Waals surface area contributed by atoms with E-state index in [0.717, 1.165) is 65.9 Å². The van der Waals surface area contributed by atoms with E-state index in [1.54, 1.807) is 12.4 Å². The zero-order valence-electron chi connectivity index (χ0n) is 15.9. The topological polar surface area (TPSA) is 70.1 Å². The van der Waals surface area contributed by atoms with Crippen LogP contribution < -0.4 is 15.1 Å². The number of piperazine rings is 1. The van der Waals surface area contributed by atoms with Crippen LogP contribution >= 0.6 is 11.6 Å². The summed E-state index contributed by atoms with van der Waals surface area (Å²) in [5, 5.41) is 4.07. The van der Waals surface area contributed by atoms with Gasteiger partial charge in [0.05, 0.1) is 0 Å². The van der Waals surface area contributed by atoms with Crippen LogP contribution in [0.4, 0.5) is 23.4 Å². The number of hydrogen-bond acceptors (Lipinski definition) is 7. The Morgan fingerprint density at radius 1 is 0.893 bits per heavy atom. The summed E-state index contributed by atoms with van der Waals surface area (Å²) < 4.78 is 0. The van der Waals surface area contributed by atoms with Crippen molar-refractivity contribution < 1.29 is 0 Å². The maximum absolute atomic E-state index is 6.23. The smallest absolute Gasteiger partial charge is 0.227 e. The number of aryl methyl sites for hydroxylation is 2. The highest BCUT2D eigenvalue weighted by atomic mass is 35.5. The summed E-state index contributed by atoms with van der Waals surface area (Å²) >= 11 is 6.23. The van der Waals surface area contributed by atoms with Gasteiger partial charge in [0, 0.05) is 61.0 Å². The van der Waals surface area contributed by atoms with E-state index in [1.807, 2.05) is 44.2 Å². The van der Waals surface area contributed by atoms with Crippen LogP contribution in [0.3, 0.4) is 0 Å². The number of hydrogen-bond donors (Lipinski definition) is 1. The molecule has 144 valence electrons. The highest BCUT2D eigenvalue weighted by molar-refractivity contribution is 6.31. The van der Waals surface area contributed by atoms with Gasteiger partial charge in [0.25, 0.3) is 0 Å². The third-order valence-corrected chi connectivity index (χ3v) is 5.09. The predicted octanol–water partition coefficient (Wildman–Crippen LogP) is 3.61. The van der Waals surface area contributed by atoms with Gasteiger partial charge in [0.1, 0.15) is 5.82 Å². The number of benzene rings is 1. The van der Waals surface area contributed by atoms with Gasteiger partial charge in [-0.15, -0.1) is 0 Å². The Kier molecular flexibility index (Phi) is 5.25. The minimum absolute atomic E-state index is 0.731. The number of rotatable bonds is 4. The molecule has 0 amide bonds. The lowest BCUT2D eigenvalue weighted by atomic mass is 10.2. The van der Waals surface area contributed by atoms with Crippen LogP contribution in [0.15, 0.2) is 42.7 Å². The lowest BCUT2D eigenvalue weighted by Crippen LogP contribution is -2.47. The first-order valence-corrected chi connectivity index (χ1v) is 9.62. The molecule has 28 heavy (non-hydrogen) atoms. The van der Waals surface area contributed by atoms with Crippen molar-refractivity contribution in [2.24, 2.45) is 0 Å². The van der Waals surface area contributed by atoms with Crippen LogP contribution in [0.5, 0.6) is 0 Å². The van der Waals surface area contributed by atoms with E-state index in [2.05, 4.69) is 30.1 Å². The molecule has 0 radical (unpaired) electrons. The Morgan fingerprint density at radius 2 is 1.57 bits per heavy atom. The Balaban J connectivity index is 1.47. The van der Waals surface area contributed by atoms with Crippen molar-refractivity contribution in [1.82, 2.24) is 19.9 Å². The molecule has 8 heteroatoms. The normalized spacial score (nSPS) is 14.2. The molecule has 0 bridgehead atoms. The number of aromatic nitrogens is 4. The summed E-state index contributed by atoms with van der Waals surface area (Å²) in [5.74, 6) is 2.26. The molecule has 1 aliphatic heterocycles. The first-order valence-electron chi connectivity index (χ1n) is 9.24. The monoisotopic (exact) mass is 395 g/mol. The third kappa shape index (κ3) is 4.14. The molecule has 1 N–H and O–H groups in total. The minimum atomic E-state index is 0.731. The number of nitrogens with one attached hydrogen (secondary N) is 1. The summed E-state index contributed by atoms with van der Waals surface area (Å²) in [6.07, 6.45) is 3.54. The number of halogens is 1. The molecule has 1 aliphatic rings. The van der Waals surface area contributed by atoms with E-state index < -0.39 is 0 Å². The molecular formula is C20H22ClN7. The summed E-state index contributed by atoms with van der Waals surface area (Å²) in [7, 11) is 0. The predicted molar refractivity (Wildman–Crippen MR) is 113 cm³/mol. The van der Waals surface area contributed by atoms with Gasteiger partial charge in [-0.25, -0.2) is 15.0 Å². The first-order chi connectivity index (χ1) is 13.6. The van der Waals surface area contributed by atoms with Crippen molar-refractivity contribution in [3.05, 3.63) is 59.0 Å². The Hall–Kier alpha value is -2.93. The van der Waals surface area contributed by atoms with Gasteiger partial charge < -0.3 is 15.1 Å². The van der Waals surface area contributed by atoms with Gasteiger partial charge in [-0.3, -0.25) is 0 Å². The maximum Gasteiger partial charge on any atom is 0.227 e. The molecule has 0 unspecified atom stereocenters. The molecule has 0 aliphatic carbocycles.